The molecule has 6 nitrogen and oxygen atoms in total. The largest absolute Gasteiger partial charge is 0.423 e. The van der Waals surface area contributed by atoms with Gasteiger partial charge in [-0.2, -0.15) is 4.68 Å². The third kappa shape index (κ3) is 3.55. The first-order chi connectivity index (χ1) is 13.4. The quantitative estimate of drug-likeness (QED) is 0.359. The Labute approximate surface area is 170 Å². The van der Waals surface area contributed by atoms with Crippen LogP contribution in [0, 0.1) is 20.8 Å². The van der Waals surface area contributed by atoms with E-state index in [4.69, 9.17) is 16.0 Å². The van der Waals surface area contributed by atoms with Crippen LogP contribution in [0.25, 0.3) is 16.7 Å². The fraction of sp³-hybridized carbons (Fsp3) is 0.200. The van der Waals surface area contributed by atoms with Crippen molar-refractivity contribution in [1.82, 2.24) is 20.2 Å². The molecule has 0 aliphatic carbocycles. The molecule has 0 amide bonds. The van der Waals surface area contributed by atoms with E-state index in [9.17, 15) is 4.79 Å². The molecule has 0 radical (unpaired) electrons. The van der Waals surface area contributed by atoms with E-state index in [2.05, 4.69) is 21.6 Å². The number of benzene rings is 2. The van der Waals surface area contributed by atoms with Gasteiger partial charge < -0.3 is 4.42 Å². The maximum absolute atomic E-state index is 12.0. The van der Waals surface area contributed by atoms with Gasteiger partial charge in [-0.3, -0.25) is 0 Å². The van der Waals surface area contributed by atoms with Crippen LogP contribution in [0.1, 0.15) is 22.3 Å². The number of tetrazole rings is 1. The number of thioether (sulfide) groups is 1. The molecule has 0 saturated carbocycles. The van der Waals surface area contributed by atoms with Gasteiger partial charge in [0.25, 0.3) is 0 Å². The topological polar surface area (TPSA) is 73.8 Å². The molecule has 0 N–H and O–H groups in total. The minimum atomic E-state index is -0.390. The van der Waals surface area contributed by atoms with Gasteiger partial charge in [-0.1, -0.05) is 41.1 Å². The van der Waals surface area contributed by atoms with Crippen molar-refractivity contribution >= 4 is 34.3 Å². The van der Waals surface area contributed by atoms with E-state index in [1.54, 1.807) is 10.7 Å². The molecule has 2 aromatic carbocycles. The summed E-state index contributed by atoms with van der Waals surface area (Å²) in [6, 6.07) is 11.2. The Bertz CT molecular complexity index is 1250. The number of nitrogens with zero attached hydrogens (tertiary/aromatic N) is 4. The lowest BCUT2D eigenvalue weighted by molar-refractivity contribution is 0.559. The maximum Gasteiger partial charge on any atom is 0.336 e. The van der Waals surface area contributed by atoms with E-state index in [0.29, 0.717) is 21.5 Å². The van der Waals surface area contributed by atoms with E-state index in [0.717, 1.165) is 27.8 Å². The standard InChI is InChI=1S/C20H17ClN4O2S/c1-11-4-5-17(13(3)6-11)25-20(22-23-24-25)28-10-14-8-19(26)27-18-7-12(2)16(21)9-15(14)18/h4-9H,10H2,1-3H3. The van der Waals surface area contributed by atoms with Gasteiger partial charge in [0.2, 0.25) is 5.16 Å². The first-order valence-electron chi connectivity index (χ1n) is 8.64. The number of hydrogen-bond donors (Lipinski definition) is 0. The molecule has 2 aromatic heterocycles. The van der Waals surface area contributed by atoms with Crippen molar-refractivity contribution in [3.63, 3.8) is 0 Å². The van der Waals surface area contributed by atoms with Crippen LogP contribution in [-0.4, -0.2) is 20.2 Å². The van der Waals surface area contributed by atoms with Crippen LogP contribution in [0.15, 0.2) is 50.8 Å². The molecule has 4 rings (SSSR count). The lowest BCUT2D eigenvalue weighted by atomic mass is 10.1. The van der Waals surface area contributed by atoms with Crippen molar-refractivity contribution in [1.29, 1.82) is 0 Å². The zero-order valence-electron chi connectivity index (χ0n) is 15.6. The molecule has 0 fully saturated rings. The fourth-order valence-electron chi connectivity index (χ4n) is 3.07. The highest BCUT2D eigenvalue weighted by Gasteiger charge is 2.14. The molecule has 8 heteroatoms. The second-order valence-electron chi connectivity index (χ2n) is 6.64. The summed E-state index contributed by atoms with van der Waals surface area (Å²) in [6.45, 7) is 5.95. The summed E-state index contributed by atoms with van der Waals surface area (Å²) in [4.78, 5) is 12.0. The van der Waals surface area contributed by atoms with Gasteiger partial charge >= 0.3 is 5.63 Å². The average Bonchev–Trinajstić information content (AvgIpc) is 3.09. The number of fused-ring (bicyclic) bond motifs is 1. The summed E-state index contributed by atoms with van der Waals surface area (Å²) < 4.78 is 7.04. The van der Waals surface area contributed by atoms with Crippen LogP contribution in [0.4, 0.5) is 0 Å². The van der Waals surface area contributed by atoms with Crippen molar-refractivity contribution in [2.45, 2.75) is 31.7 Å². The van der Waals surface area contributed by atoms with Gasteiger partial charge in [0.05, 0.1) is 5.69 Å². The summed E-state index contributed by atoms with van der Waals surface area (Å²) in [5, 5.41) is 14.2. The van der Waals surface area contributed by atoms with Gasteiger partial charge in [-0.05, 0) is 66.1 Å². The van der Waals surface area contributed by atoms with Gasteiger partial charge in [0.1, 0.15) is 5.58 Å². The van der Waals surface area contributed by atoms with E-state index in [1.807, 2.05) is 39.0 Å². The Balaban J connectivity index is 1.69. The summed E-state index contributed by atoms with van der Waals surface area (Å²) in [5.41, 5.74) is 5.02. The number of halogens is 1. The summed E-state index contributed by atoms with van der Waals surface area (Å²) in [5.74, 6) is 0.507. The molecule has 0 aliphatic rings. The highest BCUT2D eigenvalue weighted by Crippen LogP contribution is 2.30. The van der Waals surface area contributed by atoms with Crippen molar-refractivity contribution < 1.29 is 4.42 Å². The molecule has 0 unspecified atom stereocenters. The minimum Gasteiger partial charge on any atom is -0.423 e. The second kappa shape index (κ2) is 7.41. The monoisotopic (exact) mass is 412 g/mol. The van der Waals surface area contributed by atoms with E-state index in [-0.39, 0.29) is 0 Å². The molecule has 0 bridgehead atoms. The van der Waals surface area contributed by atoms with Crippen LogP contribution >= 0.6 is 23.4 Å². The zero-order chi connectivity index (χ0) is 19.8. The van der Waals surface area contributed by atoms with Gasteiger partial charge in [0, 0.05) is 22.2 Å². The number of rotatable bonds is 4. The molecule has 142 valence electrons. The fourth-order valence-corrected chi connectivity index (χ4v) is 4.11. The molecule has 0 spiro atoms. The van der Waals surface area contributed by atoms with E-state index in [1.165, 1.54) is 23.4 Å². The number of hydrogen-bond acceptors (Lipinski definition) is 6. The third-order valence-corrected chi connectivity index (χ3v) is 5.86. The van der Waals surface area contributed by atoms with Crippen LogP contribution in [0.5, 0.6) is 0 Å². The minimum absolute atomic E-state index is 0.390. The Morgan fingerprint density at radius 1 is 1.11 bits per heavy atom. The lowest BCUT2D eigenvalue weighted by Gasteiger charge is -2.09. The van der Waals surface area contributed by atoms with Gasteiger partial charge in [-0.25, -0.2) is 4.79 Å². The smallest absolute Gasteiger partial charge is 0.336 e. The van der Waals surface area contributed by atoms with Crippen LogP contribution in [0.3, 0.4) is 0 Å². The van der Waals surface area contributed by atoms with E-state index < -0.39 is 5.63 Å². The molecule has 4 aromatic rings. The van der Waals surface area contributed by atoms with Gasteiger partial charge in [-0.15, -0.1) is 5.10 Å². The molecule has 0 atom stereocenters. The molecule has 28 heavy (non-hydrogen) atoms. The number of aromatic nitrogens is 4. The van der Waals surface area contributed by atoms with Crippen LogP contribution in [0.2, 0.25) is 5.02 Å². The first-order valence-corrected chi connectivity index (χ1v) is 10.0. The summed E-state index contributed by atoms with van der Waals surface area (Å²) in [6.07, 6.45) is 0. The van der Waals surface area contributed by atoms with Gasteiger partial charge in [0.15, 0.2) is 0 Å². The Morgan fingerprint density at radius 2 is 1.93 bits per heavy atom. The first kappa shape index (κ1) is 18.7. The molecular weight excluding hydrogens is 396 g/mol. The molecular formula is C20H17ClN4O2S. The Hall–Kier alpha value is -2.64. The van der Waals surface area contributed by atoms with Crippen molar-refractivity contribution in [3.8, 4) is 5.69 Å². The predicted octanol–water partition coefficient (Wildman–Crippen LogP) is 4.64. The summed E-state index contributed by atoms with van der Waals surface area (Å²) >= 11 is 7.72. The highest BCUT2D eigenvalue weighted by atomic mass is 35.5. The van der Waals surface area contributed by atoms with Crippen LogP contribution in [-0.2, 0) is 5.75 Å². The zero-order valence-corrected chi connectivity index (χ0v) is 17.1. The predicted molar refractivity (Wildman–Crippen MR) is 110 cm³/mol. The highest BCUT2D eigenvalue weighted by molar-refractivity contribution is 7.98. The average molecular weight is 413 g/mol. The second-order valence-corrected chi connectivity index (χ2v) is 7.99. The molecule has 2 heterocycles. The molecule has 0 saturated heterocycles. The lowest BCUT2D eigenvalue weighted by Crippen LogP contribution is -2.03. The third-order valence-electron chi connectivity index (χ3n) is 4.49. The maximum atomic E-state index is 12.0. The Morgan fingerprint density at radius 3 is 2.71 bits per heavy atom. The SMILES string of the molecule is Cc1ccc(-n2nnnc2SCc2cc(=O)oc3cc(C)c(Cl)cc23)c(C)c1. The normalized spacial score (nSPS) is 11.3. The van der Waals surface area contributed by atoms with E-state index >= 15 is 0 Å². The van der Waals surface area contributed by atoms with Crippen LogP contribution < -0.4 is 5.63 Å². The summed E-state index contributed by atoms with van der Waals surface area (Å²) in [7, 11) is 0. The Kier molecular flexibility index (Phi) is 4.95. The molecule has 0 aliphatic heterocycles. The van der Waals surface area contributed by atoms with Crippen molar-refractivity contribution in [2.24, 2.45) is 0 Å². The number of aryl methyl sites for hydroxylation is 3. The van der Waals surface area contributed by atoms with Crippen molar-refractivity contribution in [3.05, 3.63) is 74.1 Å². The van der Waals surface area contributed by atoms with Crippen molar-refractivity contribution in [2.75, 3.05) is 0 Å².